The topological polar surface area (TPSA) is 54.0 Å². The van der Waals surface area contributed by atoms with Gasteiger partial charge in [-0.2, -0.15) is 0 Å². The molecule has 0 saturated carbocycles. The number of carbonyl (C=O) groups is 1. The van der Waals surface area contributed by atoms with E-state index < -0.39 is 0 Å². The van der Waals surface area contributed by atoms with E-state index in [0.29, 0.717) is 36.2 Å². The molecule has 38 heavy (non-hydrogen) atoms. The van der Waals surface area contributed by atoms with Gasteiger partial charge in [0.2, 0.25) is 0 Å². The van der Waals surface area contributed by atoms with Crippen molar-refractivity contribution in [3.63, 3.8) is 0 Å². The van der Waals surface area contributed by atoms with Crippen LogP contribution in [0.5, 0.6) is 23.0 Å². The van der Waals surface area contributed by atoms with Crippen LogP contribution in [0.4, 0.5) is 0 Å². The van der Waals surface area contributed by atoms with Gasteiger partial charge in [-0.05, 0) is 58.7 Å². The van der Waals surface area contributed by atoms with Crippen molar-refractivity contribution in [2.45, 2.75) is 13.2 Å². The molecule has 0 aliphatic rings. The summed E-state index contributed by atoms with van der Waals surface area (Å²) in [6, 6.07) is 31.0. The van der Waals surface area contributed by atoms with Gasteiger partial charge in [0.1, 0.15) is 13.2 Å². The Morgan fingerprint density at radius 3 is 1.39 bits per heavy atom. The SMILES string of the molecule is COc1cc(C=CC(=O)C=Cc2ccc(OCc3ccccc3)c(OC)c2)ccc1OCc1ccccc1. The maximum absolute atomic E-state index is 12.5. The molecule has 0 N–H and O–H groups in total. The van der Waals surface area contributed by atoms with Crippen LogP contribution in [0, 0.1) is 0 Å². The van der Waals surface area contributed by atoms with E-state index in [-0.39, 0.29) is 5.78 Å². The van der Waals surface area contributed by atoms with Crippen molar-refractivity contribution in [1.82, 2.24) is 0 Å². The van der Waals surface area contributed by atoms with Crippen molar-refractivity contribution in [3.05, 3.63) is 131 Å². The highest BCUT2D eigenvalue weighted by Gasteiger charge is 2.07. The van der Waals surface area contributed by atoms with Gasteiger partial charge in [-0.3, -0.25) is 4.79 Å². The van der Waals surface area contributed by atoms with E-state index in [4.69, 9.17) is 18.9 Å². The summed E-state index contributed by atoms with van der Waals surface area (Å²) in [5.74, 6) is 2.35. The van der Waals surface area contributed by atoms with Crippen molar-refractivity contribution in [2.75, 3.05) is 14.2 Å². The summed E-state index contributed by atoms with van der Waals surface area (Å²) in [6.07, 6.45) is 6.53. The van der Waals surface area contributed by atoms with Gasteiger partial charge in [0, 0.05) is 0 Å². The molecule has 0 unspecified atom stereocenters. The van der Waals surface area contributed by atoms with Crippen LogP contribution in [0.25, 0.3) is 12.2 Å². The lowest BCUT2D eigenvalue weighted by atomic mass is 10.1. The Morgan fingerprint density at radius 1 is 0.579 bits per heavy atom. The number of ketones is 1. The first-order valence-electron chi connectivity index (χ1n) is 12.2. The Kier molecular flexibility index (Phi) is 9.35. The fraction of sp³-hybridized carbons (Fsp3) is 0.121. The fourth-order valence-corrected chi connectivity index (χ4v) is 3.70. The number of methoxy groups -OCH3 is 2. The minimum absolute atomic E-state index is 0.142. The number of benzene rings is 4. The van der Waals surface area contributed by atoms with Crippen LogP contribution in [0.3, 0.4) is 0 Å². The van der Waals surface area contributed by atoms with Gasteiger partial charge in [-0.15, -0.1) is 0 Å². The molecule has 0 aromatic heterocycles. The summed E-state index contributed by atoms with van der Waals surface area (Å²) in [4.78, 5) is 12.5. The van der Waals surface area contributed by atoms with Crippen LogP contribution in [0.2, 0.25) is 0 Å². The van der Waals surface area contributed by atoms with E-state index in [0.717, 1.165) is 22.3 Å². The quantitative estimate of drug-likeness (QED) is 0.191. The molecule has 192 valence electrons. The summed E-state index contributed by atoms with van der Waals surface area (Å²) in [6.45, 7) is 0.890. The van der Waals surface area contributed by atoms with Crippen LogP contribution < -0.4 is 18.9 Å². The Morgan fingerprint density at radius 2 is 1.00 bits per heavy atom. The molecule has 0 heterocycles. The van der Waals surface area contributed by atoms with Crippen molar-refractivity contribution in [3.8, 4) is 23.0 Å². The lowest BCUT2D eigenvalue weighted by Gasteiger charge is -2.11. The average molecular weight is 507 g/mol. The zero-order valence-electron chi connectivity index (χ0n) is 21.5. The summed E-state index contributed by atoms with van der Waals surface area (Å²) >= 11 is 0. The van der Waals surface area contributed by atoms with Gasteiger partial charge in [0.25, 0.3) is 0 Å². The predicted octanol–water partition coefficient (Wildman–Crippen LogP) is 7.16. The Hall–Kier alpha value is -4.77. The number of hydrogen-bond acceptors (Lipinski definition) is 5. The third-order valence-electron chi connectivity index (χ3n) is 5.73. The Bertz CT molecular complexity index is 1280. The van der Waals surface area contributed by atoms with Crippen molar-refractivity contribution in [1.29, 1.82) is 0 Å². The second kappa shape index (κ2) is 13.5. The standard InChI is InChI=1S/C33H30O5/c1-35-32-21-25(15-19-30(32)37-23-27-9-5-3-6-10-27)13-17-29(34)18-14-26-16-20-31(33(22-26)36-2)38-24-28-11-7-4-8-12-28/h3-22H,23-24H2,1-2H3. The van der Waals surface area contributed by atoms with E-state index in [9.17, 15) is 4.79 Å². The van der Waals surface area contributed by atoms with Crippen LogP contribution in [-0.4, -0.2) is 20.0 Å². The van der Waals surface area contributed by atoms with Crippen molar-refractivity contribution >= 4 is 17.9 Å². The van der Waals surface area contributed by atoms with Crippen LogP contribution in [0.15, 0.2) is 109 Å². The van der Waals surface area contributed by atoms with Gasteiger partial charge in [0.15, 0.2) is 28.8 Å². The minimum Gasteiger partial charge on any atom is -0.493 e. The Labute approximate surface area is 223 Å². The zero-order valence-corrected chi connectivity index (χ0v) is 21.5. The summed E-state index contributed by atoms with van der Waals surface area (Å²) in [5, 5.41) is 0. The minimum atomic E-state index is -0.142. The van der Waals surface area contributed by atoms with Gasteiger partial charge < -0.3 is 18.9 Å². The molecule has 0 aliphatic heterocycles. The molecule has 0 radical (unpaired) electrons. The molecule has 0 bridgehead atoms. The molecule has 0 atom stereocenters. The summed E-state index contributed by atoms with van der Waals surface area (Å²) in [7, 11) is 3.19. The number of rotatable bonds is 12. The maximum atomic E-state index is 12.5. The molecule has 5 nitrogen and oxygen atoms in total. The monoisotopic (exact) mass is 506 g/mol. The number of hydrogen-bond donors (Lipinski definition) is 0. The largest absolute Gasteiger partial charge is 0.493 e. The molecule has 0 aliphatic carbocycles. The average Bonchev–Trinajstić information content (AvgIpc) is 2.98. The molecular weight excluding hydrogens is 476 g/mol. The van der Waals surface area contributed by atoms with Crippen LogP contribution >= 0.6 is 0 Å². The highest BCUT2D eigenvalue weighted by Crippen LogP contribution is 2.30. The number of carbonyl (C=O) groups excluding carboxylic acids is 1. The normalized spacial score (nSPS) is 11.0. The van der Waals surface area contributed by atoms with Gasteiger partial charge in [0.05, 0.1) is 14.2 Å². The second-order valence-corrected chi connectivity index (χ2v) is 8.44. The first-order valence-corrected chi connectivity index (χ1v) is 12.2. The first-order chi connectivity index (χ1) is 18.6. The molecule has 4 rings (SSSR count). The molecule has 0 fully saturated rings. The lowest BCUT2D eigenvalue weighted by molar-refractivity contribution is -0.110. The molecule has 5 heteroatoms. The van der Waals surface area contributed by atoms with Gasteiger partial charge in [-0.25, -0.2) is 0 Å². The van der Waals surface area contributed by atoms with E-state index in [1.807, 2.05) is 97.1 Å². The molecule has 4 aromatic carbocycles. The molecule has 0 spiro atoms. The van der Waals surface area contributed by atoms with Gasteiger partial charge in [-0.1, -0.05) is 84.9 Å². The maximum Gasteiger partial charge on any atom is 0.178 e. The molecular formula is C33H30O5. The van der Waals surface area contributed by atoms with Gasteiger partial charge >= 0.3 is 0 Å². The van der Waals surface area contributed by atoms with E-state index in [2.05, 4.69) is 0 Å². The molecule has 4 aromatic rings. The third-order valence-corrected chi connectivity index (χ3v) is 5.73. The van der Waals surface area contributed by atoms with Crippen molar-refractivity contribution < 1.29 is 23.7 Å². The van der Waals surface area contributed by atoms with Crippen LogP contribution in [0.1, 0.15) is 22.3 Å². The predicted molar refractivity (Wildman–Crippen MR) is 151 cm³/mol. The highest BCUT2D eigenvalue weighted by atomic mass is 16.5. The number of allylic oxidation sites excluding steroid dienone is 2. The Balaban J connectivity index is 1.35. The van der Waals surface area contributed by atoms with E-state index in [1.54, 1.807) is 26.4 Å². The smallest absolute Gasteiger partial charge is 0.178 e. The summed E-state index contributed by atoms with van der Waals surface area (Å²) < 4.78 is 22.8. The fourth-order valence-electron chi connectivity index (χ4n) is 3.70. The first kappa shape index (κ1) is 26.3. The third kappa shape index (κ3) is 7.61. The highest BCUT2D eigenvalue weighted by molar-refractivity contribution is 6.04. The van der Waals surface area contributed by atoms with Crippen LogP contribution in [-0.2, 0) is 18.0 Å². The summed E-state index contributed by atoms with van der Waals surface area (Å²) in [5.41, 5.74) is 3.81. The van der Waals surface area contributed by atoms with Crippen molar-refractivity contribution in [2.24, 2.45) is 0 Å². The van der Waals surface area contributed by atoms with E-state index >= 15 is 0 Å². The molecule has 0 amide bonds. The number of ether oxygens (including phenoxy) is 4. The van der Waals surface area contributed by atoms with E-state index in [1.165, 1.54) is 12.2 Å². The molecule has 0 saturated heterocycles. The second-order valence-electron chi connectivity index (χ2n) is 8.44. The lowest BCUT2D eigenvalue weighted by Crippen LogP contribution is -1.98. The zero-order chi connectivity index (χ0) is 26.6.